The van der Waals surface area contributed by atoms with Crippen molar-refractivity contribution < 1.29 is 9.84 Å². The van der Waals surface area contributed by atoms with E-state index in [4.69, 9.17) is 16.3 Å². The number of phenols is 1. The molecule has 0 bridgehead atoms. The van der Waals surface area contributed by atoms with Crippen LogP contribution in [0.15, 0.2) is 42.5 Å². The molecule has 2 aromatic carbocycles. The largest absolute Gasteiger partial charge is 0.506 e. The van der Waals surface area contributed by atoms with Crippen LogP contribution in [0.1, 0.15) is 18.9 Å². The predicted molar refractivity (Wildman–Crippen MR) is 82.7 cm³/mol. The molecule has 0 fully saturated rings. The Morgan fingerprint density at radius 1 is 1.15 bits per heavy atom. The SMILES string of the molecule is CCCOc1ccc(NCc2cccc(Cl)c2O)cc1. The summed E-state index contributed by atoms with van der Waals surface area (Å²) in [5.74, 6) is 0.993. The first-order valence-electron chi connectivity index (χ1n) is 6.63. The van der Waals surface area contributed by atoms with E-state index >= 15 is 0 Å². The summed E-state index contributed by atoms with van der Waals surface area (Å²) in [4.78, 5) is 0. The highest BCUT2D eigenvalue weighted by Gasteiger charge is 2.04. The molecule has 0 aliphatic carbocycles. The van der Waals surface area contributed by atoms with Crippen LogP contribution in [-0.4, -0.2) is 11.7 Å². The summed E-state index contributed by atoms with van der Waals surface area (Å²) in [5.41, 5.74) is 1.73. The molecule has 0 heterocycles. The number of aromatic hydroxyl groups is 1. The van der Waals surface area contributed by atoms with Crippen molar-refractivity contribution in [1.29, 1.82) is 0 Å². The van der Waals surface area contributed by atoms with Gasteiger partial charge in [-0.15, -0.1) is 0 Å². The van der Waals surface area contributed by atoms with Gasteiger partial charge in [-0.05, 0) is 36.8 Å². The monoisotopic (exact) mass is 291 g/mol. The Kier molecular flexibility index (Phi) is 5.13. The van der Waals surface area contributed by atoms with Crippen LogP contribution in [0.3, 0.4) is 0 Å². The van der Waals surface area contributed by atoms with E-state index in [0.29, 0.717) is 11.6 Å². The number of para-hydroxylation sites is 1. The summed E-state index contributed by atoms with van der Waals surface area (Å²) >= 11 is 5.87. The number of rotatable bonds is 6. The number of benzene rings is 2. The van der Waals surface area contributed by atoms with Gasteiger partial charge in [0, 0.05) is 17.8 Å². The van der Waals surface area contributed by atoms with Crippen molar-refractivity contribution in [2.24, 2.45) is 0 Å². The molecule has 4 heteroatoms. The molecule has 20 heavy (non-hydrogen) atoms. The normalized spacial score (nSPS) is 10.3. The van der Waals surface area contributed by atoms with Gasteiger partial charge in [0.25, 0.3) is 0 Å². The van der Waals surface area contributed by atoms with Crippen LogP contribution < -0.4 is 10.1 Å². The van der Waals surface area contributed by atoms with Gasteiger partial charge in [-0.2, -0.15) is 0 Å². The summed E-state index contributed by atoms with van der Waals surface area (Å²) in [5, 5.41) is 13.4. The van der Waals surface area contributed by atoms with Gasteiger partial charge in [-0.25, -0.2) is 0 Å². The van der Waals surface area contributed by atoms with Crippen molar-refractivity contribution in [3.8, 4) is 11.5 Å². The summed E-state index contributed by atoms with van der Waals surface area (Å²) in [6.07, 6.45) is 0.994. The second-order valence-corrected chi connectivity index (χ2v) is 4.88. The average molecular weight is 292 g/mol. The average Bonchev–Trinajstić information content (AvgIpc) is 2.48. The fourth-order valence-corrected chi connectivity index (χ4v) is 1.98. The highest BCUT2D eigenvalue weighted by atomic mass is 35.5. The zero-order chi connectivity index (χ0) is 14.4. The number of hydrogen-bond donors (Lipinski definition) is 2. The van der Waals surface area contributed by atoms with E-state index < -0.39 is 0 Å². The highest BCUT2D eigenvalue weighted by Crippen LogP contribution is 2.27. The molecule has 0 radical (unpaired) electrons. The molecule has 0 saturated heterocycles. The maximum absolute atomic E-state index is 9.82. The maximum Gasteiger partial charge on any atom is 0.139 e. The van der Waals surface area contributed by atoms with Gasteiger partial charge in [0.2, 0.25) is 0 Å². The Hall–Kier alpha value is -1.87. The van der Waals surface area contributed by atoms with Crippen molar-refractivity contribution >= 4 is 17.3 Å². The number of phenolic OH excluding ortho intramolecular Hbond substituents is 1. The van der Waals surface area contributed by atoms with E-state index in [9.17, 15) is 5.11 Å². The highest BCUT2D eigenvalue weighted by molar-refractivity contribution is 6.32. The first-order chi connectivity index (χ1) is 9.70. The van der Waals surface area contributed by atoms with Crippen LogP contribution in [-0.2, 0) is 6.54 Å². The molecule has 106 valence electrons. The first kappa shape index (κ1) is 14.5. The molecular formula is C16H18ClNO2. The van der Waals surface area contributed by atoms with Crippen molar-refractivity contribution in [3.05, 3.63) is 53.1 Å². The predicted octanol–water partition coefficient (Wildman–Crippen LogP) is 4.45. The number of anilines is 1. The van der Waals surface area contributed by atoms with Crippen LogP contribution in [0.4, 0.5) is 5.69 Å². The molecular weight excluding hydrogens is 274 g/mol. The standard InChI is InChI=1S/C16H18ClNO2/c1-2-10-20-14-8-6-13(7-9-14)18-11-12-4-3-5-15(17)16(12)19/h3-9,18-19H,2,10-11H2,1H3. The Balaban J connectivity index is 1.95. The van der Waals surface area contributed by atoms with Crippen LogP contribution in [0.25, 0.3) is 0 Å². The Labute approximate surface area is 124 Å². The van der Waals surface area contributed by atoms with Gasteiger partial charge >= 0.3 is 0 Å². The molecule has 0 aliphatic rings. The molecule has 0 atom stereocenters. The van der Waals surface area contributed by atoms with E-state index in [-0.39, 0.29) is 5.75 Å². The summed E-state index contributed by atoms with van der Waals surface area (Å²) in [6, 6.07) is 13.1. The fourth-order valence-electron chi connectivity index (χ4n) is 1.79. The molecule has 0 amide bonds. The van der Waals surface area contributed by atoms with Crippen LogP contribution in [0.2, 0.25) is 5.02 Å². The van der Waals surface area contributed by atoms with Gasteiger partial charge in [0.15, 0.2) is 0 Å². The van der Waals surface area contributed by atoms with Crippen molar-refractivity contribution in [2.45, 2.75) is 19.9 Å². The molecule has 0 aromatic heterocycles. The van der Waals surface area contributed by atoms with Gasteiger partial charge in [0.1, 0.15) is 11.5 Å². The molecule has 2 aromatic rings. The zero-order valence-corrected chi connectivity index (χ0v) is 12.2. The van der Waals surface area contributed by atoms with Crippen molar-refractivity contribution in [3.63, 3.8) is 0 Å². The first-order valence-corrected chi connectivity index (χ1v) is 7.01. The second kappa shape index (κ2) is 7.06. The minimum atomic E-state index is 0.129. The number of halogens is 1. The third-order valence-electron chi connectivity index (χ3n) is 2.88. The topological polar surface area (TPSA) is 41.5 Å². The summed E-state index contributed by atoms with van der Waals surface area (Å²) < 4.78 is 5.52. The Morgan fingerprint density at radius 2 is 1.90 bits per heavy atom. The molecule has 2 N–H and O–H groups in total. The van der Waals surface area contributed by atoms with Crippen molar-refractivity contribution in [2.75, 3.05) is 11.9 Å². The van der Waals surface area contributed by atoms with E-state index in [2.05, 4.69) is 12.2 Å². The molecule has 0 spiro atoms. The summed E-state index contributed by atoms with van der Waals surface area (Å²) in [6.45, 7) is 3.32. The third-order valence-corrected chi connectivity index (χ3v) is 3.19. The van der Waals surface area contributed by atoms with Gasteiger partial charge in [-0.1, -0.05) is 30.7 Å². The molecule has 0 unspecified atom stereocenters. The minimum Gasteiger partial charge on any atom is -0.506 e. The van der Waals surface area contributed by atoms with Crippen LogP contribution >= 0.6 is 11.6 Å². The van der Waals surface area contributed by atoms with Crippen LogP contribution in [0.5, 0.6) is 11.5 Å². The van der Waals surface area contributed by atoms with E-state index in [1.165, 1.54) is 0 Å². The van der Waals surface area contributed by atoms with Crippen LogP contribution in [0, 0.1) is 0 Å². The zero-order valence-electron chi connectivity index (χ0n) is 11.4. The lowest BCUT2D eigenvalue weighted by Gasteiger charge is -2.10. The van der Waals surface area contributed by atoms with E-state index in [1.54, 1.807) is 6.07 Å². The molecule has 0 aliphatic heterocycles. The lowest BCUT2D eigenvalue weighted by Crippen LogP contribution is -2.00. The summed E-state index contributed by atoms with van der Waals surface area (Å²) in [7, 11) is 0. The third kappa shape index (κ3) is 3.81. The minimum absolute atomic E-state index is 0.129. The number of hydrogen-bond acceptors (Lipinski definition) is 3. The second-order valence-electron chi connectivity index (χ2n) is 4.47. The van der Waals surface area contributed by atoms with Crippen molar-refractivity contribution in [1.82, 2.24) is 0 Å². The van der Waals surface area contributed by atoms with E-state index in [0.717, 1.165) is 30.0 Å². The number of nitrogens with one attached hydrogen (secondary N) is 1. The Bertz CT molecular complexity index is 555. The number of ether oxygens (including phenoxy) is 1. The smallest absolute Gasteiger partial charge is 0.139 e. The van der Waals surface area contributed by atoms with Gasteiger partial charge in [-0.3, -0.25) is 0 Å². The van der Waals surface area contributed by atoms with Gasteiger partial charge < -0.3 is 15.2 Å². The van der Waals surface area contributed by atoms with Gasteiger partial charge in [0.05, 0.1) is 11.6 Å². The molecule has 2 rings (SSSR count). The molecule has 3 nitrogen and oxygen atoms in total. The lowest BCUT2D eigenvalue weighted by molar-refractivity contribution is 0.317. The lowest BCUT2D eigenvalue weighted by atomic mass is 10.2. The quantitative estimate of drug-likeness (QED) is 0.826. The molecule has 0 saturated carbocycles. The fraction of sp³-hybridized carbons (Fsp3) is 0.250. The Morgan fingerprint density at radius 3 is 2.60 bits per heavy atom. The van der Waals surface area contributed by atoms with E-state index in [1.807, 2.05) is 36.4 Å². The maximum atomic E-state index is 9.82.